The van der Waals surface area contributed by atoms with Gasteiger partial charge in [-0.05, 0) is 24.1 Å². The van der Waals surface area contributed by atoms with Gasteiger partial charge >= 0.3 is 18.1 Å². The van der Waals surface area contributed by atoms with Crippen LogP contribution in [-0.2, 0) is 25.8 Å². The van der Waals surface area contributed by atoms with Crippen molar-refractivity contribution in [3.8, 4) is 5.75 Å². The predicted octanol–water partition coefficient (Wildman–Crippen LogP) is 0.711. The number of carbonyl (C=O) groups excluding carboxylic acids is 2. The Bertz CT molecular complexity index is 562. The van der Waals surface area contributed by atoms with Crippen LogP contribution in [0.3, 0.4) is 0 Å². The smallest absolute Gasteiger partial charge is 0.495 e. The van der Waals surface area contributed by atoms with Crippen LogP contribution in [0.25, 0.3) is 0 Å². The van der Waals surface area contributed by atoms with Gasteiger partial charge in [-0.15, -0.1) is 0 Å². The lowest BCUT2D eigenvalue weighted by molar-refractivity contribution is -0.286. The van der Waals surface area contributed by atoms with Crippen LogP contribution in [0.5, 0.6) is 5.75 Å². The minimum atomic E-state index is -5.27. The molecule has 7 nitrogen and oxygen atoms in total. The van der Waals surface area contributed by atoms with E-state index in [1.54, 1.807) is 6.07 Å². The number of alkyl halides is 3. The van der Waals surface area contributed by atoms with Gasteiger partial charge in [-0.1, -0.05) is 6.07 Å². The van der Waals surface area contributed by atoms with Crippen LogP contribution in [0.1, 0.15) is 5.56 Å². The zero-order valence-corrected chi connectivity index (χ0v) is 11.3. The maximum absolute atomic E-state index is 11.8. The van der Waals surface area contributed by atoms with E-state index in [9.17, 15) is 22.8 Å². The third-order valence-electron chi connectivity index (χ3n) is 2.48. The normalized spacial score (nSPS) is 12.4. The molecular formula is C12H13F3N2O5. The summed E-state index contributed by atoms with van der Waals surface area (Å²) >= 11 is 0. The third-order valence-corrected chi connectivity index (χ3v) is 2.48. The molecule has 22 heavy (non-hydrogen) atoms. The Balaban J connectivity index is 2.57. The molecule has 1 rings (SSSR count). The monoisotopic (exact) mass is 322 g/mol. The van der Waals surface area contributed by atoms with Crippen LogP contribution in [0.4, 0.5) is 18.9 Å². The van der Waals surface area contributed by atoms with Gasteiger partial charge in [0.15, 0.2) is 0 Å². The number of hydrogen-bond donors (Lipinski definition) is 2. The first-order valence-electron chi connectivity index (χ1n) is 5.82. The average Bonchev–Trinajstić information content (AvgIpc) is 2.43. The molecule has 0 saturated carbocycles. The minimum Gasteiger partial charge on any atom is -0.495 e. The first-order chi connectivity index (χ1) is 10.1. The quantitative estimate of drug-likeness (QED) is 0.477. The van der Waals surface area contributed by atoms with E-state index in [0.717, 1.165) is 0 Å². The summed E-state index contributed by atoms with van der Waals surface area (Å²) in [4.78, 5) is 28.8. The van der Waals surface area contributed by atoms with Crippen molar-refractivity contribution in [1.82, 2.24) is 0 Å². The molecule has 1 aromatic rings. The van der Waals surface area contributed by atoms with Crippen molar-refractivity contribution in [3.05, 3.63) is 23.8 Å². The SMILES string of the molecule is COc1ccc(C[C@H](N)C(=O)OOC(=O)C(F)(F)F)cc1N. The van der Waals surface area contributed by atoms with E-state index in [1.807, 2.05) is 0 Å². The molecule has 0 saturated heterocycles. The minimum absolute atomic E-state index is 0.0867. The largest absolute Gasteiger partial charge is 0.495 e. The van der Waals surface area contributed by atoms with Crippen molar-refractivity contribution in [3.63, 3.8) is 0 Å². The standard InChI is InChI=1S/C12H13F3N2O5/c1-20-9-3-2-6(4-7(9)16)5-8(17)10(18)21-22-11(19)12(13,14)15/h2-4,8H,5,16-17H2,1H3/t8-/m0/s1. The molecule has 0 amide bonds. The van der Waals surface area contributed by atoms with Gasteiger partial charge in [0.2, 0.25) is 0 Å². The van der Waals surface area contributed by atoms with Gasteiger partial charge in [0.25, 0.3) is 0 Å². The Morgan fingerprint density at radius 2 is 1.91 bits per heavy atom. The molecule has 0 radical (unpaired) electrons. The van der Waals surface area contributed by atoms with Crippen LogP contribution in [0.15, 0.2) is 18.2 Å². The van der Waals surface area contributed by atoms with Crippen LogP contribution in [0.2, 0.25) is 0 Å². The van der Waals surface area contributed by atoms with Crippen LogP contribution in [-0.4, -0.2) is 31.3 Å². The molecule has 1 atom stereocenters. The van der Waals surface area contributed by atoms with E-state index in [2.05, 4.69) is 9.78 Å². The number of nitrogen functional groups attached to an aromatic ring is 1. The van der Waals surface area contributed by atoms with Crippen molar-refractivity contribution in [2.24, 2.45) is 5.73 Å². The van der Waals surface area contributed by atoms with Gasteiger partial charge in [0, 0.05) is 0 Å². The number of methoxy groups -OCH3 is 1. The number of anilines is 1. The number of nitrogens with two attached hydrogens (primary N) is 2. The molecule has 10 heteroatoms. The lowest BCUT2D eigenvalue weighted by Gasteiger charge is -2.12. The van der Waals surface area contributed by atoms with E-state index in [1.165, 1.54) is 19.2 Å². The molecule has 0 heterocycles. The van der Waals surface area contributed by atoms with E-state index in [4.69, 9.17) is 16.2 Å². The van der Waals surface area contributed by atoms with Crippen molar-refractivity contribution >= 4 is 17.6 Å². The van der Waals surface area contributed by atoms with Gasteiger partial charge in [-0.3, -0.25) is 0 Å². The summed E-state index contributed by atoms with van der Waals surface area (Å²) in [6.45, 7) is 0. The highest BCUT2D eigenvalue weighted by Gasteiger charge is 2.43. The van der Waals surface area contributed by atoms with Crippen LogP contribution < -0.4 is 16.2 Å². The summed E-state index contributed by atoms with van der Waals surface area (Å²) in [6, 6.07) is 3.23. The predicted molar refractivity (Wildman–Crippen MR) is 67.3 cm³/mol. The molecule has 0 aliphatic rings. The van der Waals surface area contributed by atoms with Gasteiger partial charge < -0.3 is 16.2 Å². The Labute approximate surface area is 122 Å². The van der Waals surface area contributed by atoms with E-state index >= 15 is 0 Å². The van der Waals surface area contributed by atoms with Crippen LogP contribution >= 0.6 is 0 Å². The number of rotatable bonds is 4. The van der Waals surface area contributed by atoms with E-state index in [0.29, 0.717) is 17.0 Å². The summed E-state index contributed by atoms with van der Waals surface area (Å²) in [7, 11) is 1.42. The second kappa shape index (κ2) is 6.98. The zero-order chi connectivity index (χ0) is 16.9. The number of benzene rings is 1. The molecule has 4 N–H and O–H groups in total. The third kappa shape index (κ3) is 4.81. The van der Waals surface area contributed by atoms with Gasteiger partial charge in [0.1, 0.15) is 11.8 Å². The van der Waals surface area contributed by atoms with Gasteiger partial charge in [0.05, 0.1) is 12.8 Å². The fourth-order valence-electron chi connectivity index (χ4n) is 1.44. The van der Waals surface area contributed by atoms with Crippen molar-refractivity contribution in [1.29, 1.82) is 0 Å². The summed E-state index contributed by atoms with van der Waals surface area (Å²) < 4.78 is 40.5. The Morgan fingerprint density at radius 1 is 1.27 bits per heavy atom. The lowest BCUT2D eigenvalue weighted by Crippen LogP contribution is -2.36. The second-order valence-corrected chi connectivity index (χ2v) is 4.16. The molecule has 0 fully saturated rings. The van der Waals surface area contributed by atoms with Gasteiger partial charge in [-0.25, -0.2) is 19.4 Å². The molecular weight excluding hydrogens is 309 g/mol. The fourth-order valence-corrected chi connectivity index (χ4v) is 1.44. The summed E-state index contributed by atoms with van der Waals surface area (Å²) in [5, 5.41) is 0. The van der Waals surface area contributed by atoms with Crippen LogP contribution in [0, 0.1) is 0 Å². The maximum atomic E-state index is 11.8. The van der Waals surface area contributed by atoms with Crippen molar-refractivity contribution in [2.45, 2.75) is 18.6 Å². The summed E-state index contributed by atoms with van der Waals surface area (Å²) in [5.74, 6) is -3.56. The Kier molecular flexibility index (Phi) is 5.57. The van der Waals surface area contributed by atoms with Crippen molar-refractivity contribution in [2.75, 3.05) is 12.8 Å². The Morgan fingerprint density at radius 3 is 2.41 bits per heavy atom. The number of hydrogen-bond acceptors (Lipinski definition) is 7. The first-order valence-corrected chi connectivity index (χ1v) is 5.82. The maximum Gasteiger partial charge on any atom is 0.495 e. The molecule has 122 valence electrons. The topological polar surface area (TPSA) is 114 Å². The van der Waals surface area contributed by atoms with E-state index < -0.39 is 24.2 Å². The molecule has 0 aliphatic heterocycles. The lowest BCUT2D eigenvalue weighted by atomic mass is 10.1. The fraction of sp³-hybridized carbons (Fsp3) is 0.333. The molecule has 0 unspecified atom stereocenters. The zero-order valence-electron chi connectivity index (χ0n) is 11.3. The highest BCUT2D eigenvalue weighted by Crippen LogP contribution is 2.22. The number of halogens is 3. The average molecular weight is 322 g/mol. The highest BCUT2D eigenvalue weighted by atomic mass is 19.4. The molecule has 0 bridgehead atoms. The number of ether oxygens (including phenoxy) is 1. The Hall–Kier alpha value is -2.49. The van der Waals surface area contributed by atoms with Crippen molar-refractivity contribution < 1.29 is 37.3 Å². The molecule has 0 aliphatic carbocycles. The second-order valence-electron chi connectivity index (χ2n) is 4.16. The highest BCUT2D eigenvalue weighted by molar-refractivity contribution is 5.79. The number of carbonyl (C=O) groups is 2. The van der Waals surface area contributed by atoms with Gasteiger partial charge in [-0.2, -0.15) is 13.2 Å². The summed E-state index contributed by atoms with van der Waals surface area (Å²) in [5.41, 5.74) is 11.9. The summed E-state index contributed by atoms with van der Waals surface area (Å²) in [6.07, 6.45) is -5.36. The van der Waals surface area contributed by atoms with E-state index in [-0.39, 0.29) is 6.42 Å². The molecule has 1 aromatic carbocycles. The molecule has 0 aromatic heterocycles. The molecule has 0 spiro atoms. The first kappa shape index (κ1) is 17.6.